The van der Waals surface area contributed by atoms with Crippen LogP contribution in [-0.4, -0.2) is 0 Å². The molecule has 0 atom stereocenters. The fraction of sp³-hybridized carbons (Fsp3) is 0.0698. The predicted octanol–water partition coefficient (Wildman–Crippen LogP) is 12.7. The van der Waals surface area contributed by atoms with Crippen LogP contribution in [0.1, 0.15) is 25.0 Å². The van der Waals surface area contributed by atoms with E-state index in [1.165, 1.54) is 75.7 Å². The Labute approximate surface area is 267 Å². The fourth-order valence-corrected chi connectivity index (χ4v) is 8.63. The van der Waals surface area contributed by atoms with Crippen LogP contribution in [-0.2, 0) is 5.41 Å². The van der Waals surface area contributed by atoms with Crippen LogP contribution < -0.4 is 4.90 Å². The largest absolute Gasteiger partial charge is 0.310 e. The Balaban J connectivity index is 1.31. The second kappa shape index (κ2) is 9.92. The first kappa shape index (κ1) is 26.2. The number of hydrogen-bond donors (Lipinski definition) is 0. The fourth-order valence-electron chi connectivity index (χ4n) is 7.40. The monoisotopic (exact) mass is 593 g/mol. The van der Waals surface area contributed by atoms with Gasteiger partial charge in [-0.3, -0.25) is 0 Å². The quantitative estimate of drug-likeness (QED) is 0.196. The molecule has 1 nitrogen and oxygen atoms in total. The third-order valence-corrected chi connectivity index (χ3v) is 10.9. The molecule has 45 heavy (non-hydrogen) atoms. The van der Waals surface area contributed by atoms with E-state index in [-0.39, 0.29) is 5.41 Å². The van der Waals surface area contributed by atoms with Crippen molar-refractivity contribution in [3.05, 3.63) is 163 Å². The Morgan fingerprint density at radius 1 is 0.467 bits per heavy atom. The van der Waals surface area contributed by atoms with Crippen molar-refractivity contribution in [3.8, 4) is 22.3 Å². The van der Waals surface area contributed by atoms with Gasteiger partial charge in [0.15, 0.2) is 0 Å². The first-order valence-electron chi connectivity index (χ1n) is 15.6. The third kappa shape index (κ3) is 3.99. The molecule has 1 aromatic heterocycles. The molecule has 0 unspecified atom stereocenters. The van der Waals surface area contributed by atoms with Gasteiger partial charge in [-0.25, -0.2) is 0 Å². The molecule has 0 saturated carbocycles. The van der Waals surface area contributed by atoms with Crippen LogP contribution in [0, 0.1) is 0 Å². The molecular weight excluding hydrogens is 563 g/mol. The molecule has 0 amide bonds. The van der Waals surface area contributed by atoms with Crippen LogP contribution in [0.2, 0.25) is 0 Å². The van der Waals surface area contributed by atoms with E-state index in [4.69, 9.17) is 0 Å². The Bertz CT molecular complexity index is 2400. The van der Waals surface area contributed by atoms with E-state index in [0.717, 1.165) is 5.69 Å². The van der Waals surface area contributed by atoms with E-state index in [1.54, 1.807) is 0 Å². The van der Waals surface area contributed by atoms with E-state index in [1.807, 2.05) is 11.3 Å². The molecule has 0 fully saturated rings. The smallest absolute Gasteiger partial charge is 0.0547 e. The number of hydrogen-bond acceptors (Lipinski definition) is 2. The molecule has 0 radical (unpaired) electrons. The molecule has 7 aromatic carbocycles. The predicted molar refractivity (Wildman–Crippen MR) is 195 cm³/mol. The minimum atomic E-state index is -0.0830. The van der Waals surface area contributed by atoms with Crippen LogP contribution in [0.25, 0.3) is 53.2 Å². The molecule has 2 heteroatoms. The van der Waals surface area contributed by atoms with Crippen molar-refractivity contribution in [2.45, 2.75) is 19.3 Å². The van der Waals surface area contributed by atoms with Crippen LogP contribution in [0.5, 0.6) is 0 Å². The van der Waals surface area contributed by atoms with Gasteiger partial charge in [-0.2, -0.15) is 0 Å². The van der Waals surface area contributed by atoms with Crippen LogP contribution in [0.3, 0.4) is 0 Å². The summed E-state index contributed by atoms with van der Waals surface area (Å²) in [5.74, 6) is 0. The Morgan fingerprint density at radius 2 is 1.09 bits per heavy atom. The summed E-state index contributed by atoms with van der Waals surface area (Å²) in [4.78, 5) is 2.47. The number of nitrogens with zero attached hydrogens (tertiary/aromatic N) is 1. The average Bonchev–Trinajstić information content (AvgIpc) is 3.58. The van der Waals surface area contributed by atoms with Gasteiger partial charge >= 0.3 is 0 Å². The van der Waals surface area contributed by atoms with Crippen LogP contribution in [0.15, 0.2) is 152 Å². The van der Waals surface area contributed by atoms with Gasteiger partial charge in [0.2, 0.25) is 0 Å². The summed E-state index contributed by atoms with van der Waals surface area (Å²) in [6.07, 6.45) is 0. The molecule has 8 aromatic rings. The normalized spacial score (nSPS) is 13.3. The number of anilines is 3. The molecule has 0 bridgehead atoms. The lowest BCUT2D eigenvalue weighted by Gasteiger charge is -2.29. The molecule has 9 rings (SSSR count). The number of thiophene rings is 1. The second-order valence-corrected chi connectivity index (χ2v) is 13.6. The van der Waals surface area contributed by atoms with E-state index >= 15 is 0 Å². The van der Waals surface area contributed by atoms with Gasteiger partial charge in [0.1, 0.15) is 0 Å². The van der Waals surface area contributed by atoms with Crippen molar-refractivity contribution in [1.82, 2.24) is 0 Å². The molecule has 0 spiro atoms. The molecule has 0 aliphatic heterocycles. The standard InChI is InChI=1S/C43H31NS/c1-43(2)38-18-10-8-14-32(38)33-25-24-31(26-39(33)43)44(30-22-20-29(21-23-30)28-12-4-3-5-13-28)40-27-37-35-16-9-11-19-41(35)45-42(37)36-17-7-6-15-34(36)40/h3-27H,1-2H3. The lowest BCUT2D eigenvalue weighted by Crippen LogP contribution is -2.16. The van der Waals surface area contributed by atoms with Crippen molar-refractivity contribution >= 4 is 59.3 Å². The summed E-state index contributed by atoms with van der Waals surface area (Å²) >= 11 is 1.89. The van der Waals surface area contributed by atoms with Crippen molar-refractivity contribution in [3.63, 3.8) is 0 Å². The maximum Gasteiger partial charge on any atom is 0.0547 e. The van der Waals surface area contributed by atoms with Crippen LogP contribution in [0.4, 0.5) is 17.1 Å². The third-order valence-electron chi connectivity index (χ3n) is 9.66. The molecular formula is C43H31NS. The topological polar surface area (TPSA) is 3.24 Å². The van der Waals surface area contributed by atoms with Gasteiger partial charge < -0.3 is 4.90 Å². The Hall–Kier alpha value is -5.18. The summed E-state index contributed by atoms with van der Waals surface area (Å²) in [5, 5.41) is 5.18. The van der Waals surface area contributed by atoms with Crippen molar-refractivity contribution in [1.29, 1.82) is 0 Å². The average molecular weight is 594 g/mol. The zero-order chi connectivity index (χ0) is 30.1. The van der Waals surface area contributed by atoms with Crippen LogP contribution >= 0.6 is 11.3 Å². The molecule has 0 saturated heterocycles. The molecule has 0 N–H and O–H groups in total. The van der Waals surface area contributed by atoms with E-state index in [9.17, 15) is 0 Å². The lowest BCUT2D eigenvalue weighted by atomic mass is 9.82. The second-order valence-electron chi connectivity index (χ2n) is 12.6. The zero-order valence-corrected chi connectivity index (χ0v) is 26.1. The summed E-state index contributed by atoms with van der Waals surface area (Å²) < 4.78 is 2.67. The first-order chi connectivity index (χ1) is 22.1. The Morgan fingerprint density at radius 3 is 1.91 bits per heavy atom. The highest BCUT2D eigenvalue weighted by Gasteiger charge is 2.35. The van der Waals surface area contributed by atoms with Gasteiger partial charge in [-0.05, 0) is 69.8 Å². The summed E-state index contributed by atoms with van der Waals surface area (Å²) in [6.45, 7) is 4.72. The van der Waals surface area contributed by atoms with Gasteiger partial charge in [0.25, 0.3) is 0 Å². The van der Waals surface area contributed by atoms with E-state index < -0.39 is 0 Å². The first-order valence-corrected chi connectivity index (χ1v) is 16.4. The van der Waals surface area contributed by atoms with Crippen molar-refractivity contribution in [2.24, 2.45) is 0 Å². The van der Waals surface area contributed by atoms with Crippen molar-refractivity contribution < 1.29 is 0 Å². The van der Waals surface area contributed by atoms with E-state index in [2.05, 4.69) is 170 Å². The number of rotatable bonds is 4. The maximum absolute atomic E-state index is 2.47. The summed E-state index contributed by atoms with van der Waals surface area (Å²) in [6, 6.07) is 55.8. The Kier molecular flexibility index (Phi) is 5.78. The molecule has 214 valence electrons. The highest BCUT2D eigenvalue weighted by Crippen LogP contribution is 2.52. The summed E-state index contributed by atoms with van der Waals surface area (Å²) in [5.41, 5.74) is 11.3. The molecule has 1 aliphatic rings. The van der Waals surface area contributed by atoms with E-state index in [0.29, 0.717) is 0 Å². The number of fused-ring (bicyclic) bond motifs is 8. The minimum absolute atomic E-state index is 0.0830. The van der Waals surface area contributed by atoms with Gasteiger partial charge in [-0.1, -0.05) is 129 Å². The van der Waals surface area contributed by atoms with Gasteiger partial charge in [-0.15, -0.1) is 11.3 Å². The highest BCUT2D eigenvalue weighted by molar-refractivity contribution is 7.26. The maximum atomic E-state index is 2.47. The summed E-state index contributed by atoms with van der Waals surface area (Å²) in [7, 11) is 0. The minimum Gasteiger partial charge on any atom is -0.310 e. The van der Waals surface area contributed by atoms with Crippen molar-refractivity contribution in [2.75, 3.05) is 4.90 Å². The highest BCUT2D eigenvalue weighted by atomic mass is 32.1. The lowest BCUT2D eigenvalue weighted by molar-refractivity contribution is 0.660. The zero-order valence-electron chi connectivity index (χ0n) is 25.3. The number of benzene rings is 7. The SMILES string of the molecule is CC1(C)c2ccccc2-c2ccc(N(c3ccc(-c4ccccc4)cc3)c3cc4c5ccccc5sc4c4ccccc34)cc21. The van der Waals surface area contributed by atoms with Gasteiger partial charge in [0.05, 0.1) is 5.69 Å². The molecule has 1 aliphatic carbocycles. The molecule has 1 heterocycles. The van der Waals surface area contributed by atoms with Gasteiger partial charge in [0, 0.05) is 47.7 Å².